The number of ether oxygens (including phenoxy) is 2. The molecule has 1 aromatic rings. The molecule has 2 rings (SSSR count). The van der Waals surface area contributed by atoms with Crippen LogP contribution in [0.25, 0.3) is 0 Å². The molecule has 1 saturated heterocycles. The fraction of sp³-hybridized carbons (Fsp3) is 0.667. The van der Waals surface area contributed by atoms with E-state index >= 15 is 0 Å². The Bertz CT molecular complexity index is 1530. The van der Waals surface area contributed by atoms with Gasteiger partial charge in [0, 0.05) is 33.5 Å². The molecule has 0 aliphatic carbocycles. The quantitative estimate of drug-likeness (QED) is 0.183. The molecule has 294 valence electrons. The number of anilines is 1. The van der Waals surface area contributed by atoms with E-state index in [0.29, 0.717) is 25.8 Å². The van der Waals surface area contributed by atoms with Crippen molar-refractivity contribution < 1.29 is 60.1 Å². The summed E-state index contributed by atoms with van der Waals surface area (Å²) in [5.41, 5.74) is -0.314. The van der Waals surface area contributed by atoms with Gasteiger partial charge in [-0.1, -0.05) is 41.0 Å². The fourth-order valence-electron chi connectivity index (χ4n) is 6.38. The molecule has 15 nitrogen and oxygen atoms in total. The Kier molecular flexibility index (Phi) is 15.9. The maximum atomic E-state index is 13.9. The Balaban J connectivity index is 2.24. The van der Waals surface area contributed by atoms with Gasteiger partial charge in [0.1, 0.15) is 6.04 Å². The van der Waals surface area contributed by atoms with Crippen molar-refractivity contribution in [1.29, 1.82) is 0 Å². The van der Waals surface area contributed by atoms with Crippen LogP contribution in [0.4, 0.5) is 23.7 Å². The maximum Gasteiger partial charge on any atom is 0.471 e. The number of carboxylic acid groups (broad SMARTS) is 1. The highest BCUT2D eigenvalue weighted by Gasteiger charge is 2.43. The van der Waals surface area contributed by atoms with Crippen molar-refractivity contribution in [2.45, 2.75) is 102 Å². The Morgan fingerprint density at radius 2 is 1.63 bits per heavy atom. The number of alkyl halides is 3. The summed E-state index contributed by atoms with van der Waals surface area (Å²) in [5, 5.41) is 13.2. The molecule has 7 atom stereocenters. The molecule has 0 unspecified atom stereocenters. The van der Waals surface area contributed by atoms with Crippen molar-refractivity contribution >= 4 is 45.4 Å². The standard InChI is InChI=1S/C33H50F3N5O10S/c1-9-19(4)27(40(6)30(44)26(18(2)3)38-32(46)47)24(50-7)17-25(42)41-16-10-11-23(41)28(51-8)20(5)29(43)39-52(48,49)22-14-12-21(13-15-22)37-31(45)33(34,35)36/h12-15,18-20,23-24,26-28,38H,9-11,16-17H2,1-8H3,(H,37,45)(H,39,43)(H,46,47)/t19-,20-,23+,24-,26+,27+,28-/m1/s1. The van der Waals surface area contributed by atoms with Gasteiger partial charge in [0.05, 0.1) is 41.5 Å². The highest BCUT2D eigenvalue weighted by atomic mass is 32.2. The van der Waals surface area contributed by atoms with Gasteiger partial charge in [0.15, 0.2) is 0 Å². The molecule has 1 aliphatic rings. The number of nitrogens with zero attached hydrogens (tertiary/aromatic N) is 2. The minimum absolute atomic E-state index is 0.161. The zero-order chi connectivity index (χ0) is 39.7. The zero-order valence-corrected chi connectivity index (χ0v) is 31.3. The van der Waals surface area contributed by atoms with Crippen LogP contribution in [0.1, 0.15) is 60.3 Å². The number of sulfonamides is 1. The number of amides is 5. The summed E-state index contributed by atoms with van der Waals surface area (Å²) in [6.07, 6.45) is -6.81. The van der Waals surface area contributed by atoms with E-state index in [4.69, 9.17) is 9.47 Å². The summed E-state index contributed by atoms with van der Waals surface area (Å²) in [5.74, 6) is -5.66. The molecule has 0 saturated carbocycles. The van der Waals surface area contributed by atoms with Crippen LogP contribution < -0.4 is 15.4 Å². The lowest BCUT2D eigenvalue weighted by Crippen LogP contribution is -2.57. The Morgan fingerprint density at radius 1 is 1.04 bits per heavy atom. The van der Waals surface area contributed by atoms with Crippen molar-refractivity contribution in [3.63, 3.8) is 0 Å². The molecule has 0 bridgehead atoms. The number of benzene rings is 1. The molecule has 0 spiro atoms. The van der Waals surface area contributed by atoms with E-state index in [1.165, 1.54) is 26.0 Å². The van der Waals surface area contributed by atoms with Crippen LogP contribution in [0.3, 0.4) is 0 Å². The molecule has 52 heavy (non-hydrogen) atoms. The first-order chi connectivity index (χ1) is 24.1. The second-order valence-electron chi connectivity index (χ2n) is 13.2. The topological polar surface area (TPSA) is 201 Å². The van der Waals surface area contributed by atoms with E-state index in [2.05, 4.69) is 5.32 Å². The highest BCUT2D eigenvalue weighted by molar-refractivity contribution is 7.90. The van der Waals surface area contributed by atoms with Gasteiger partial charge in [-0.05, 0) is 48.9 Å². The van der Waals surface area contributed by atoms with E-state index < -0.39 is 81.2 Å². The third-order valence-electron chi connectivity index (χ3n) is 9.39. The fourth-order valence-corrected chi connectivity index (χ4v) is 7.44. The van der Waals surface area contributed by atoms with E-state index in [9.17, 15) is 50.7 Å². The van der Waals surface area contributed by atoms with Crippen molar-refractivity contribution in [3.8, 4) is 0 Å². The molecular formula is C33H50F3N5O10S. The van der Waals surface area contributed by atoms with Crippen LogP contribution >= 0.6 is 0 Å². The highest BCUT2D eigenvalue weighted by Crippen LogP contribution is 2.30. The van der Waals surface area contributed by atoms with E-state index in [1.54, 1.807) is 31.1 Å². The second-order valence-corrected chi connectivity index (χ2v) is 14.9. The van der Waals surface area contributed by atoms with Crippen molar-refractivity contribution in [2.75, 3.05) is 33.1 Å². The first kappa shape index (κ1) is 44.2. The average molecular weight is 766 g/mol. The smallest absolute Gasteiger partial charge is 0.465 e. The number of methoxy groups -OCH3 is 2. The summed E-state index contributed by atoms with van der Waals surface area (Å²) in [4.78, 5) is 65.8. The number of carbonyl (C=O) groups is 5. The minimum atomic E-state index is -5.15. The lowest BCUT2D eigenvalue weighted by atomic mass is 9.89. The summed E-state index contributed by atoms with van der Waals surface area (Å²) in [6, 6.07) is 1.44. The normalized spacial score (nSPS) is 18.5. The van der Waals surface area contributed by atoms with Crippen LogP contribution in [0.15, 0.2) is 29.2 Å². The van der Waals surface area contributed by atoms with Gasteiger partial charge in [-0.2, -0.15) is 13.2 Å². The zero-order valence-electron chi connectivity index (χ0n) is 30.5. The summed E-state index contributed by atoms with van der Waals surface area (Å²) >= 11 is 0. The van der Waals surface area contributed by atoms with Gasteiger partial charge < -0.3 is 35.0 Å². The van der Waals surface area contributed by atoms with Crippen LogP contribution in [0.2, 0.25) is 0 Å². The summed E-state index contributed by atoms with van der Waals surface area (Å²) in [7, 11) is -0.217. The van der Waals surface area contributed by atoms with Crippen LogP contribution in [0.5, 0.6) is 0 Å². The maximum absolute atomic E-state index is 13.9. The molecule has 0 aromatic heterocycles. The SMILES string of the molecule is CC[C@@H](C)[C@@H]([C@@H](CC(=O)N1CCC[C@H]1[C@H](OC)[C@@H](C)C(=O)NS(=O)(=O)c1ccc(NC(=O)C(F)(F)F)cc1)OC)N(C)C(=O)[C@@H](NC(=O)O)C(C)C. The summed E-state index contributed by atoms with van der Waals surface area (Å²) < 4.78 is 77.1. The monoisotopic (exact) mass is 765 g/mol. The van der Waals surface area contributed by atoms with Crippen LogP contribution in [-0.2, 0) is 38.7 Å². The number of nitrogens with one attached hydrogen (secondary N) is 3. The van der Waals surface area contributed by atoms with E-state index in [1.807, 2.05) is 18.6 Å². The first-order valence-corrected chi connectivity index (χ1v) is 18.2. The lowest BCUT2D eigenvalue weighted by molar-refractivity contribution is -0.167. The molecule has 1 heterocycles. The van der Waals surface area contributed by atoms with Crippen molar-refractivity contribution in [2.24, 2.45) is 17.8 Å². The number of halogens is 3. The molecule has 1 aromatic carbocycles. The van der Waals surface area contributed by atoms with Crippen molar-refractivity contribution in [1.82, 2.24) is 19.8 Å². The Morgan fingerprint density at radius 3 is 2.12 bits per heavy atom. The molecule has 4 N–H and O–H groups in total. The second kappa shape index (κ2) is 18.7. The third kappa shape index (κ3) is 11.3. The average Bonchev–Trinajstić information content (AvgIpc) is 3.55. The predicted octanol–water partition coefficient (Wildman–Crippen LogP) is 3.20. The minimum Gasteiger partial charge on any atom is -0.465 e. The van der Waals surface area contributed by atoms with Crippen LogP contribution in [-0.4, -0.2) is 117 Å². The third-order valence-corrected chi connectivity index (χ3v) is 10.7. The van der Waals surface area contributed by atoms with Gasteiger partial charge in [-0.15, -0.1) is 0 Å². The van der Waals surface area contributed by atoms with Crippen LogP contribution in [0, 0.1) is 17.8 Å². The molecule has 19 heteroatoms. The Hall–Kier alpha value is -3.97. The number of rotatable bonds is 17. The number of hydrogen-bond donors (Lipinski definition) is 4. The van der Waals surface area contributed by atoms with Gasteiger partial charge in [0.2, 0.25) is 17.7 Å². The largest absolute Gasteiger partial charge is 0.471 e. The molecule has 1 fully saturated rings. The molecule has 1 aliphatic heterocycles. The van der Waals surface area contributed by atoms with E-state index in [-0.39, 0.29) is 29.9 Å². The van der Waals surface area contributed by atoms with Gasteiger partial charge in [-0.3, -0.25) is 19.2 Å². The number of likely N-dealkylation sites (tertiary alicyclic amines) is 1. The number of hydrogen-bond acceptors (Lipinski definition) is 9. The Labute approximate surface area is 302 Å². The summed E-state index contributed by atoms with van der Waals surface area (Å²) in [6.45, 7) is 8.98. The van der Waals surface area contributed by atoms with Gasteiger partial charge in [0.25, 0.3) is 10.0 Å². The van der Waals surface area contributed by atoms with E-state index in [0.717, 1.165) is 24.3 Å². The van der Waals surface area contributed by atoms with Gasteiger partial charge in [-0.25, -0.2) is 17.9 Å². The predicted molar refractivity (Wildman–Crippen MR) is 182 cm³/mol. The first-order valence-electron chi connectivity index (χ1n) is 16.8. The number of carbonyl (C=O) groups excluding carboxylic acids is 4. The number of likely N-dealkylation sites (N-methyl/N-ethyl adjacent to an activating group) is 1. The van der Waals surface area contributed by atoms with Gasteiger partial charge >= 0.3 is 18.2 Å². The molecular weight excluding hydrogens is 715 g/mol. The molecule has 0 radical (unpaired) electrons. The molecule has 5 amide bonds. The van der Waals surface area contributed by atoms with Crippen molar-refractivity contribution in [3.05, 3.63) is 24.3 Å². The lowest BCUT2D eigenvalue weighted by Gasteiger charge is -2.40.